The second-order valence-electron chi connectivity index (χ2n) is 6.19. The predicted octanol–water partition coefficient (Wildman–Crippen LogP) is 3.20. The summed E-state index contributed by atoms with van der Waals surface area (Å²) in [6, 6.07) is 0. The highest BCUT2D eigenvalue weighted by Crippen LogP contribution is 2.43. The third-order valence-electron chi connectivity index (χ3n) is 3.25. The molecule has 0 radical (unpaired) electrons. The number of H-pyrrole nitrogens is 1. The Bertz CT molecular complexity index is 407. The van der Waals surface area contributed by atoms with E-state index in [1.165, 1.54) is 0 Å². The summed E-state index contributed by atoms with van der Waals surface area (Å²) in [6.07, 6.45) is 2.16. The average Bonchev–Trinajstić information content (AvgIpc) is 2.80. The van der Waals surface area contributed by atoms with Crippen molar-refractivity contribution in [1.82, 2.24) is 15.3 Å². The molecule has 3 nitrogen and oxygen atoms in total. The lowest BCUT2D eigenvalue weighted by molar-refractivity contribution is 0.00755. The van der Waals surface area contributed by atoms with E-state index < -0.39 is 5.92 Å². The molecule has 1 aromatic heterocycles. The van der Waals surface area contributed by atoms with Gasteiger partial charge in [0.05, 0.1) is 0 Å². The summed E-state index contributed by atoms with van der Waals surface area (Å²) in [4.78, 5) is 7.39. The SMILES string of the molecule is CC(C)(C)NCc1cnc(C2CCC(F)(F)C2)[nH]1. The van der Waals surface area contributed by atoms with Gasteiger partial charge in [-0.15, -0.1) is 0 Å². The summed E-state index contributed by atoms with van der Waals surface area (Å²) in [5, 5.41) is 3.34. The summed E-state index contributed by atoms with van der Waals surface area (Å²) >= 11 is 0. The van der Waals surface area contributed by atoms with Crippen LogP contribution in [0.25, 0.3) is 0 Å². The van der Waals surface area contributed by atoms with E-state index in [0.717, 1.165) is 5.69 Å². The molecule has 1 unspecified atom stereocenters. The quantitative estimate of drug-likeness (QED) is 0.873. The number of hydrogen-bond donors (Lipinski definition) is 2. The molecule has 0 bridgehead atoms. The van der Waals surface area contributed by atoms with Crippen LogP contribution in [0.4, 0.5) is 8.78 Å². The van der Waals surface area contributed by atoms with Crippen LogP contribution in [0, 0.1) is 0 Å². The number of rotatable bonds is 3. The lowest BCUT2D eigenvalue weighted by Gasteiger charge is -2.19. The molecule has 1 atom stereocenters. The van der Waals surface area contributed by atoms with E-state index in [-0.39, 0.29) is 24.3 Å². The molecule has 0 amide bonds. The average molecular weight is 257 g/mol. The van der Waals surface area contributed by atoms with Gasteiger partial charge in [0.15, 0.2) is 0 Å². The second kappa shape index (κ2) is 4.61. The molecule has 18 heavy (non-hydrogen) atoms. The number of imidazole rings is 1. The van der Waals surface area contributed by atoms with Crippen LogP contribution < -0.4 is 5.32 Å². The Morgan fingerprint density at radius 1 is 1.50 bits per heavy atom. The van der Waals surface area contributed by atoms with E-state index in [4.69, 9.17) is 0 Å². The van der Waals surface area contributed by atoms with E-state index in [1.807, 2.05) is 0 Å². The van der Waals surface area contributed by atoms with Gasteiger partial charge in [0.1, 0.15) is 5.82 Å². The largest absolute Gasteiger partial charge is 0.345 e. The molecule has 0 saturated heterocycles. The van der Waals surface area contributed by atoms with Crippen LogP contribution in [0.1, 0.15) is 57.5 Å². The van der Waals surface area contributed by atoms with Gasteiger partial charge in [0.25, 0.3) is 0 Å². The van der Waals surface area contributed by atoms with E-state index in [0.29, 0.717) is 18.8 Å². The number of aromatic amines is 1. The van der Waals surface area contributed by atoms with Crippen LogP contribution in [-0.4, -0.2) is 21.4 Å². The van der Waals surface area contributed by atoms with Crippen molar-refractivity contribution in [3.63, 3.8) is 0 Å². The summed E-state index contributed by atoms with van der Waals surface area (Å²) in [6.45, 7) is 6.94. The Balaban J connectivity index is 1.95. The predicted molar refractivity (Wildman–Crippen MR) is 66.7 cm³/mol. The molecule has 0 aromatic carbocycles. The van der Waals surface area contributed by atoms with Crippen LogP contribution in [-0.2, 0) is 6.54 Å². The minimum Gasteiger partial charge on any atom is -0.345 e. The fourth-order valence-electron chi connectivity index (χ4n) is 2.22. The highest BCUT2D eigenvalue weighted by atomic mass is 19.3. The third kappa shape index (κ3) is 3.51. The van der Waals surface area contributed by atoms with E-state index >= 15 is 0 Å². The van der Waals surface area contributed by atoms with Gasteiger partial charge in [-0.2, -0.15) is 0 Å². The minimum absolute atomic E-state index is 0.0199. The second-order valence-corrected chi connectivity index (χ2v) is 6.19. The number of aromatic nitrogens is 2. The number of nitrogens with one attached hydrogen (secondary N) is 2. The summed E-state index contributed by atoms with van der Waals surface area (Å²) in [5.41, 5.74) is 0.987. The zero-order chi connectivity index (χ0) is 13.4. The zero-order valence-electron chi connectivity index (χ0n) is 11.2. The number of halogens is 2. The topological polar surface area (TPSA) is 40.7 Å². The highest BCUT2D eigenvalue weighted by Gasteiger charge is 2.41. The summed E-state index contributed by atoms with van der Waals surface area (Å²) < 4.78 is 26.3. The van der Waals surface area contributed by atoms with Gasteiger partial charge < -0.3 is 10.3 Å². The molecule has 1 heterocycles. The normalized spacial score (nSPS) is 23.5. The van der Waals surface area contributed by atoms with Crippen LogP contribution >= 0.6 is 0 Å². The first-order valence-corrected chi connectivity index (χ1v) is 6.42. The van der Waals surface area contributed by atoms with Gasteiger partial charge in [-0.3, -0.25) is 0 Å². The number of alkyl halides is 2. The first-order chi connectivity index (χ1) is 8.25. The Morgan fingerprint density at radius 2 is 2.22 bits per heavy atom. The highest BCUT2D eigenvalue weighted by molar-refractivity contribution is 5.08. The van der Waals surface area contributed by atoms with Crippen molar-refractivity contribution in [1.29, 1.82) is 0 Å². The molecule has 1 aromatic rings. The van der Waals surface area contributed by atoms with Crippen molar-refractivity contribution in [3.05, 3.63) is 17.7 Å². The zero-order valence-corrected chi connectivity index (χ0v) is 11.2. The van der Waals surface area contributed by atoms with Gasteiger partial charge in [0.2, 0.25) is 5.92 Å². The molecular weight excluding hydrogens is 236 g/mol. The first kappa shape index (κ1) is 13.5. The minimum atomic E-state index is -2.51. The molecule has 1 fully saturated rings. The molecule has 0 aliphatic heterocycles. The molecular formula is C13H21F2N3. The lowest BCUT2D eigenvalue weighted by Crippen LogP contribution is -2.35. The summed E-state index contributed by atoms with van der Waals surface area (Å²) in [5.74, 6) is -1.93. The standard InChI is InChI=1S/C13H21F2N3/c1-12(2,3)17-8-10-7-16-11(18-10)9-4-5-13(14,15)6-9/h7,9,17H,4-6,8H2,1-3H3,(H,16,18). The number of nitrogens with zero attached hydrogens (tertiary/aromatic N) is 1. The van der Waals surface area contributed by atoms with E-state index in [2.05, 4.69) is 36.1 Å². The summed E-state index contributed by atoms with van der Waals surface area (Å²) in [7, 11) is 0. The third-order valence-corrected chi connectivity index (χ3v) is 3.25. The van der Waals surface area contributed by atoms with Crippen LogP contribution in [0.3, 0.4) is 0 Å². The fourth-order valence-corrected chi connectivity index (χ4v) is 2.22. The van der Waals surface area contributed by atoms with Gasteiger partial charge in [-0.1, -0.05) is 0 Å². The Hall–Kier alpha value is -0.970. The molecule has 5 heteroatoms. The molecule has 1 aliphatic rings. The maximum absolute atomic E-state index is 13.1. The maximum Gasteiger partial charge on any atom is 0.248 e. The molecule has 2 rings (SSSR count). The van der Waals surface area contributed by atoms with Crippen LogP contribution in [0.5, 0.6) is 0 Å². The molecule has 1 saturated carbocycles. The molecule has 1 aliphatic carbocycles. The lowest BCUT2D eigenvalue weighted by atomic mass is 10.1. The van der Waals surface area contributed by atoms with Gasteiger partial charge in [-0.05, 0) is 27.2 Å². The van der Waals surface area contributed by atoms with Crippen molar-refractivity contribution in [2.45, 2.75) is 64.0 Å². The van der Waals surface area contributed by atoms with Crippen LogP contribution in [0.2, 0.25) is 0 Å². The molecule has 2 N–H and O–H groups in total. The maximum atomic E-state index is 13.1. The van der Waals surface area contributed by atoms with E-state index in [1.54, 1.807) is 6.20 Å². The first-order valence-electron chi connectivity index (χ1n) is 6.42. The van der Waals surface area contributed by atoms with Gasteiger partial charge in [0, 0.05) is 42.7 Å². The molecule has 102 valence electrons. The fraction of sp³-hybridized carbons (Fsp3) is 0.769. The smallest absolute Gasteiger partial charge is 0.248 e. The monoisotopic (exact) mass is 257 g/mol. The molecule has 0 spiro atoms. The van der Waals surface area contributed by atoms with Gasteiger partial charge in [-0.25, -0.2) is 13.8 Å². The Morgan fingerprint density at radius 3 is 2.78 bits per heavy atom. The van der Waals surface area contributed by atoms with Crippen molar-refractivity contribution in [2.75, 3.05) is 0 Å². The Kier molecular flexibility index (Phi) is 3.45. The van der Waals surface area contributed by atoms with Crippen LogP contribution in [0.15, 0.2) is 6.20 Å². The number of hydrogen-bond acceptors (Lipinski definition) is 2. The van der Waals surface area contributed by atoms with Crippen molar-refractivity contribution >= 4 is 0 Å². The van der Waals surface area contributed by atoms with Crippen molar-refractivity contribution in [3.8, 4) is 0 Å². The van der Waals surface area contributed by atoms with Crippen molar-refractivity contribution < 1.29 is 8.78 Å². The van der Waals surface area contributed by atoms with Crippen molar-refractivity contribution in [2.24, 2.45) is 0 Å². The van der Waals surface area contributed by atoms with E-state index in [9.17, 15) is 8.78 Å². The Labute approximate surface area is 106 Å². The van der Waals surface area contributed by atoms with Gasteiger partial charge >= 0.3 is 0 Å².